The Balaban J connectivity index is 1.59. The van der Waals surface area contributed by atoms with Gasteiger partial charge in [0.05, 0.1) is 10.2 Å². The van der Waals surface area contributed by atoms with Crippen LogP contribution in [0.2, 0.25) is 5.02 Å². The molecule has 1 aromatic carbocycles. The van der Waals surface area contributed by atoms with E-state index in [2.05, 4.69) is 52.4 Å². The van der Waals surface area contributed by atoms with Crippen molar-refractivity contribution >= 4 is 66.9 Å². The van der Waals surface area contributed by atoms with E-state index in [4.69, 9.17) is 16.0 Å². The van der Waals surface area contributed by atoms with Crippen molar-refractivity contribution in [2.24, 2.45) is 0 Å². The summed E-state index contributed by atoms with van der Waals surface area (Å²) >= 11 is 13.7. The molecule has 0 bridgehead atoms. The van der Waals surface area contributed by atoms with Crippen molar-refractivity contribution in [2.45, 2.75) is 5.22 Å². The van der Waals surface area contributed by atoms with Crippen molar-refractivity contribution in [2.75, 3.05) is 11.1 Å². The molecular weight excluding hydrogens is 496 g/mol. The van der Waals surface area contributed by atoms with E-state index in [1.807, 2.05) is 6.07 Å². The fraction of sp³-hybridized carbons (Fsp3) is 0.0667. The first-order chi connectivity index (χ1) is 12.0. The van der Waals surface area contributed by atoms with Crippen LogP contribution in [-0.2, 0) is 4.79 Å². The zero-order chi connectivity index (χ0) is 17.8. The van der Waals surface area contributed by atoms with Gasteiger partial charge in [-0.15, -0.1) is 10.2 Å². The first-order valence-corrected chi connectivity index (χ1v) is 9.79. The number of hydrogen-bond acceptors (Lipinski definition) is 6. The number of rotatable bonds is 5. The van der Waals surface area contributed by atoms with Crippen molar-refractivity contribution in [3.8, 4) is 11.5 Å². The zero-order valence-electron chi connectivity index (χ0n) is 12.4. The Morgan fingerprint density at radius 3 is 2.88 bits per heavy atom. The number of hydrogen-bond donors (Lipinski definition) is 1. The van der Waals surface area contributed by atoms with Crippen LogP contribution in [0, 0.1) is 0 Å². The summed E-state index contributed by atoms with van der Waals surface area (Å²) in [5.41, 5.74) is 0.722. The van der Waals surface area contributed by atoms with Crippen LogP contribution in [-0.4, -0.2) is 26.8 Å². The lowest BCUT2D eigenvalue weighted by Crippen LogP contribution is -2.15. The lowest BCUT2D eigenvalue weighted by atomic mass is 10.2. The van der Waals surface area contributed by atoms with E-state index in [-0.39, 0.29) is 11.7 Å². The van der Waals surface area contributed by atoms with Crippen molar-refractivity contribution in [3.63, 3.8) is 0 Å². The third-order valence-corrected chi connectivity index (χ3v) is 4.96. The first-order valence-electron chi connectivity index (χ1n) is 6.84. The molecule has 0 saturated carbocycles. The van der Waals surface area contributed by atoms with Crippen LogP contribution in [0.25, 0.3) is 11.5 Å². The fourth-order valence-corrected chi connectivity index (χ4v) is 3.65. The number of nitrogens with one attached hydrogen (secondary N) is 1. The van der Waals surface area contributed by atoms with Crippen molar-refractivity contribution < 1.29 is 9.21 Å². The largest absolute Gasteiger partial charge is 0.411 e. The van der Waals surface area contributed by atoms with E-state index in [1.165, 1.54) is 0 Å². The summed E-state index contributed by atoms with van der Waals surface area (Å²) in [5, 5.41) is 11.5. The number of nitrogens with zero attached hydrogens (tertiary/aromatic N) is 3. The summed E-state index contributed by atoms with van der Waals surface area (Å²) in [6.45, 7) is 0. The van der Waals surface area contributed by atoms with Gasteiger partial charge in [-0.3, -0.25) is 4.79 Å². The van der Waals surface area contributed by atoms with Crippen LogP contribution in [0.1, 0.15) is 0 Å². The number of halogens is 3. The predicted octanol–water partition coefficient (Wildman–Crippen LogP) is 5.04. The number of anilines is 1. The van der Waals surface area contributed by atoms with Gasteiger partial charge in [0, 0.05) is 21.3 Å². The summed E-state index contributed by atoms with van der Waals surface area (Å²) in [7, 11) is 0. The highest BCUT2D eigenvalue weighted by molar-refractivity contribution is 9.11. The number of pyridine rings is 1. The zero-order valence-corrected chi connectivity index (χ0v) is 17.1. The summed E-state index contributed by atoms with van der Waals surface area (Å²) in [6.07, 6.45) is 1.60. The molecule has 10 heteroatoms. The molecule has 1 N–H and O–H groups in total. The summed E-state index contributed by atoms with van der Waals surface area (Å²) in [6, 6.07) is 8.90. The molecule has 2 heterocycles. The first kappa shape index (κ1) is 18.4. The van der Waals surface area contributed by atoms with E-state index in [0.29, 0.717) is 26.4 Å². The van der Waals surface area contributed by atoms with Gasteiger partial charge in [-0.2, -0.15) is 0 Å². The molecule has 0 fully saturated rings. The number of aromatic nitrogens is 3. The molecule has 0 atom stereocenters. The van der Waals surface area contributed by atoms with E-state index in [9.17, 15) is 4.79 Å². The molecule has 0 aliphatic rings. The molecule has 0 aliphatic carbocycles. The van der Waals surface area contributed by atoms with Crippen LogP contribution in [0.3, 0.4) is 0 Å². The van der Waals surface area contributed by atoms with Crippen LogP contribution < -0.4 is 5.32 Å². The molecular formula is C15H9Br2ClN4O2S. The number of amides is 1. The molecule has 0 spiro atoms. The van der Waals surface area contributed by atoms with E-state index in [1.54, 1.807) is 30.5 Å². The number of benzene rings is 1. The molecule has 0 radical (unpaired) electrons. The Hall–Kier alpha value is -1.42. The average molecular weight is 505 g/mol. The topological polar surface area (TPSA) is 80.9 Å². The van der Waals surface area contributed by atoms with Gasteiger partial charge in [-0.25, -0.2) is 4.98 Å². The Morgan fingerprint density at radius 1 is 1.28 bits per heavy atom. The Morgan fingerprint density at radius 2 is 2.12 bits per heavy atom. The molecule has 3 rings (SSSR count). The summed E-state index contributed by atoms with van der Waals surface area (Å²) < 4.78 is 7.03. The normalized spacial score (nSPS) is 10.7. The molecule has 0 saturated heterocycles. The van der Waals surface area contributed by atoms with Gasteiger partial charge in [0.15, 0.2) is 0 Å². The Bertz CT molecular complexity index is 922. The van der Waals surface area contributed by atoms with Crippen LogP contribution in [0.4, 0.5) is 5.82 Å². The third kappa shape index (κ3) is 5.04. The highest BCUT2D eigenvalue weighted by atomic mass is 79.9. The van der Waals surface area contributed by atoms with E-state index in [0.717, 1.165) is 21.8 Å². The highest BCUT2D eigenvalue weighted by Gasteiger charge is 2.13. The van der Waals surface area contributed by atoms with E-state index < -0.39 is 0 Å². The fourth-order valence-electron chi connectivity index (χ4n) is 1.81. The minimum absolute atomic E-state index is 0.112. The lowest BCUT2D eigenvalue weighted by Gasteiger charge is -2.05. The number of thioether (sulfide) groups is 1. The lowest BCUT2D eigenvalue weighted by molar-refractivity contribution is -0.113. The standard InChI is InChI=1S/C15H9Br2ClN4O2S/c16-9-5-11(17)13(19-6-9)20-12(23)7-25-15-22-21-14(24-15)8-2-1-3-10(18)4-8/h1-6H,7H2,(H,19,20,23). The van der Waals surface area contributed by atoms with Gasteiger partial charge in [0.2, 0.25) is 11.8 Å². The van der Waals surface area contributed by atoms with Gasteiger partial charge in [0.25, 0.3) is 5.22 Å². The van der Waals surface area contributed by atoms with Gasteiger partial charge in [-0.05, 0) is 56.1 Å². The molecule has 128 valence electrons. The maximum atomic E-state index is 12.0. The van der Waals surface area contributed by atoms with E-state index >= 15 is 0 Å². The SMILES string of the molecule is O=C(CSc1nnc(-c2cccc(Cl)c2)o1)Nc1ncc(Br)cc1Br. The van der Waals surface area contributed by atoms with Crippen LogP contribution in [0.5, 0.6) is 0 Å². The molecule has 25 heavy (non-hydrogen) atoms. The van der Waals surface area contributed by atoms with Crippen molar-refractivity contribution in [1.82, 2.24) is 15.2 Å². The number of carbonyl (C=O) groups is 1. The second-order valence-corrected chi connectivity index (χ2v) is 7.84. The minimum atomic E-state index is -0.233. The quantitative estimate of drug-likeness (QED) is 0.491. The molecule has 2 aromatic heterocycles. The smallest absolute Gasteiger partial charge is 0.277 e. The van der Waals surface area contributed by atoms with Crippen molar-refractivity contribution in [3.05, 3.63) is 50.5 Å². The Labute approximate surface area is 169 Å². The molecule has 6 nitrogen and oxygen atoms in total. The molecule has 1 amide bonds. The van der Waals surface area contributed by atoms with Gasteiger partial charge in [0.1, 0.15) is 5.82 Å². The summed E-state index contributed by atoms with van der Waals surface area (Å²) in [5.74, 6) is 0.672. The maximum absolute atomic E-state index is 12.0. The third-order valence-electron chi connectivity index (χ3n) is 2.87. The maximum Gasteiger partial charge on any atom is 0.277 e. The van der Waals surface area contributed by atoms with Gasteiger partial charge in [-0.1, -0.05) is 29.4 Å². The Kier molecular flexibility index (Phi) is 6.10. The molecule has 3 aromatic rings. The second-order valence-electron chi connectivity index (χ2n) is 4.70. The molecule has 0 unspecified atom stereocenters. The monoisotopic (exact) mass is 502 g/mol. The molecule has 0 aliphatic heterocycles. The van der Waals surface area contributed by atoms with Crippen LogP contribution >= 0.6 is 55.2 Å². The van der Waals surface area contributed by atoms with Crippen LogP contribution in [0.15, 0.2) is 55.1 Å². The number of carbonyl (C=O) groups excluding carboxylic acids is 1. The predicted molar refractivity (Wildman–Crippen MR) is 104 cm³/mol. The van der Waals surface area contributed by atoms with Crippen molar-refractivity contribution in [1.29, 1.82) is 0 Å². The minimum Gasteiger partial charge on any atom is -0.411 e. The highest BCUT2D eigenvalue weighted by Crippen LogP contribution is 2.26. The second kappa shape index (κ2) is 8.31. The van der Waals surface area contributed by atoms with Gasteiger partial charge < -0.3 is 9.73 Å². The average Bonchev–Trinajstić information content (AvgIpc) is 3.05. The summed E-state index contributed by atoms with van der Waals surface area (Å²) in [4.78, 5) is 16.2. The van der Waals surface area contributed by atoms with Gasteiger partial charge >= 0.3 is 0 Å².